The fourth-order valence-corrected chi connectivity index (χ4v) is 5.19. The van der Waals surface area contributed by atoms with Gasteiger partial charge in [0.25, 0.3) is 5.91 Å². The van der Waals surface area contributed by atoms with Crippen LogP contribution in [0.3, 0.4) is 0 Å². The fourth-order valence-electron chi connectivity index (χ4n) is 3.36. The van der Waals surface area contributed by atoms with Crippen molar-refractivity contribution in [2.75, 3.05) is 13.7 Å². The Balaban J connectivity index is 1.88. The van der Waals surface area contributed by atoms with Crippen LogP contribution in [0.2, 0.25) is 0 Å². The van der Waals surface area contributed by atoms with Gasteiger partial charge in [0.2, 0.25) is 0 Å². The topological polar surface area (TPSA) is 38.8 Å². The molecule has 7 heteroatoms. The average Bonchev–Trinajstić information content (AvgIpc) is 2.91. The van der Waals surface area contributed by atoms with Gasteiger partial charge in [-0.3, -0.25) is 9.69 Å². The predicted octanol–water partition coefficient (Wildman–Crippen LogP) is 5.39. The van der Waals surface area contributed by atoms with Crippen molar-refractivity contribution in [3.8, 4) is 11.5 Å². The molecule has 1 saturated carbocycles. The van der Waals surface area contributed by atoms with Crippen LogP contribution in [0.4, 0.5) is 0 Å². The van der Waals surface area contributed by atoms with E-state index < -0.39 is 0 Å². The first-order chi connectivity index (χ1) is 12.5. The molecule has 2 aliphatic rings. The van der Waals surface area contributed by atoms with E-state index in [0.717, 1.165) is 22.9 Å². The molecule has 0 aromatic heterocycles. The van der Waals surface area contributed by atoms with Gasteiger partial charge in [-0.1, -0.05) is 59.2 Å². The molecule has 0 spiro atoms. The summed E-state index contributed by atoms with van der Waals surface area (Å²) >= 11 is 10.4. The third-order valence-corrected chi connectivity index (χ3v) is 6.65. The fraction of sp³-hybridized carbons (Fsp3) is 0.474. The number of methoxy groups -OCH3 is 1. The van der Waals surface area contributed by atoms with Gasteiger partial charge in [-0.15, -0.1) is 0 Å². The van der Waals surface area contributed by atoms with Crippen LogP contribution in [0.5, 0.6) is 11.5 Å². The van der Waals surface area contributed by atoms with Crippen LogP contribution in [0.1, 0.15) is 44.6 Å². The number of carbonyl (C=O) groups is 1. The highest BCUT2D eigenvalue weighted by Gasteiger charge is 2.37. The van der Waals surface area contributed by atoms with Crippen LogP contribution >= 0.6 is 39.9 Å². The van der Waals surface area contributed by atoms with Crippen molar-refractivity contribution in [2.24, 2.45) is 0 Å². The molecule has 1 heterocycles. The van der Waals surface area contributed by atoms with Crippen LogP contribution in [0, 0.1) is 0 Å². The first-order valence-corrected chi connectivity index (χ1v) is 10.8. The molecule has 1 saturated heterocycles. The minimum absolute atomic E-state index is 0.0200. The molecular formula is C19H22BrNO3S2. The van der Waals surface area contributed by atoms with E-state index in [1.807, 2.05) is 30.0 Å². The molecule has 1 aromatic carbocycles. The van der Waals surface area contributed by atoms with Crippen LogP contribution in [0.15, 0.2) is 21.5 Å². The molecule has 0 N–H and O–H groups in total. The number of benzene rings is 1. The van der Waals surface area contributed by atoms with E-state index in [4.69, 9.17) is 21.7 Å². The Morgan fingerprint density at radius 2 is 2.04 bits per heavy atom. The third kappa shape index (κ3) is 4.10. The molecule has 0 atom stereocenters. The monoisotopic (exact) mass is 455 g/mol. The Bertz CT molecular complexity index is 745. The second-order valence-electron chi connectivity index (χ2n) is 6.30. The molecule has 26 heavy (non-hydrogen) atoms. The van der Waals surface area contributed by atoms with Crippen molar-refractivity contribution >= 4 is 56.2 Å². The standard InChI is InChI=1S/C19H22BrNO3S2/c1-3-24-16-11-14(20)12(9-15(16)23-2)10-17-18(22)21(19(25)26-17)13-7-5-4-6-8-13/h9-11,13H,3-8H2,1-2H3/b17-10+. The number of rotatable bonds is 5. The van der Waals surface area contributed by atoms with E-state index in [0.29, 0.717) is 27.3 Å². The van der Waals surface area contributed by atoms with Gasteiger partial charge in [-0.05, 0) is 43.5 Å². The second-order valence-corrected chi connectivity index (χ2v) is 8.83. The van der Waals surface area contributed by atoms with Gasteiger partial charge in [0.05, 0.1) is 18.6 Å². The molecule has 1 aliphatic carbocycles. The van der Waals surface area contributed by atoms with Gasteiger partial charge in [0, 0.05) is 10.5 Å². The number of thioether (sulfide) groups is 1. The van der Waals surface area contributed by atoms with E-state index in [9.17, 15) is 4.79 Å². The number of nitrogens with zero attached hydrogens (tertiary/aromatic N) is 1. The Labute approximate surface area is 172 Å². The molecule has 3 rings (SSSR count). The van der Waals surface area contributed by atoms with Gasteiger partial charge in [-0.2, -0.15) is 0 Å². The zero-order valence-corrected chi connectivity index (χ0v) is 18.1. The summed E-state index contributed by atoms with van der Waals surface area (Å²) in [6.45, 7) is 2.49. The van der Waals surface area contributed by atoms with Crippen molar-refractivity contribution in [1.29, 1.82) is 0 Å². The minimum atomic E-state index is 0.0200. The van der Waals surface area contributed by atoms with Crippen LogP contribution in [-0.4, -0.2) is 34.9 Å². The molecule has 0 bridgehead atoms. The van der Waals surface area contributed by atoms with Crippen LogP contribution in [0.25, 0.3) is 6.08 Å². The van der Waals surface area contributed by atoms with Gasteiger partial charge in [0.15, 0.2) is 11.5 Å². The Kier molecular flexibility index (Phi) is 6.64. The summed E-state index contributed by atoms with van der Waals surface area (Å²) < 4.78 is 12.5. The molecule has 4 nitrogen and oxygen atoms in total. The van der Waals surface area contributed by atoms with E-state index in [1.54, 1.807) is 7.11 Å². The van der Waals surface area contributed by atoms with E-state index in [2.05, 4.69) is 15.9 Å². The maximum absolute atomic E-state index is 12.9. The largest absolute Gasteiger partial charge is 0.493 e. The number of amides is 1. The Morgan fingerprint density at radius 1 is 1.31 bits per heavy atom. The normalized spacial score (nSPS) is 20.1. The molecule has 0 radical (unpaired) electrons. The first-order valence-electron chi connectivity index (χ1n) is 8.82. The zero-order chi connectivity index (χ0) is 18.7. The highest BCUT2D eigenvalue weighted by molar-refractivity contribution is 9.10. The van der Waals surface area contributed by atoms with Crippen LogP contribution < -0.4 is 9.47 Å². The van der Waals surface area contributed by atoms with E-state index >= 15 is 0 Å². The maximum Gasteiger partial charge on any atom is 0.266 e. The molecular weight excluding hydrogens is 434 g/mol. The third-order valence-electron chi connectivity index (χ3n) is 4.63. The van der Waals surface area contributed by atoms with Crippen LogP contribution in [-0.2, 0) is 4.79 Å². The summed E-state index contributed by atoms with van der Waals surface area (Å²) in [6.07, 6.45) is 7.55. The summed E-state index contributed by atoms with van der Waals surface area (Å²) in [6, 6.07) is 4.00. The predicted molar refractivity (Wildman–Crippen MR) is 114 cm³/mol. The lowest BCUT2D eigenvalue weighted by atomic mass is 9.94. The quantitative estimate of drug-likeness (QED) is 0.439. The smallest absolute Gasteiger partial charge is 0.266 e. The lowest BCUT2D eigenvalue weighted by molar-refractivity contribution is -0.124. The van der Waals surface area contributed by atoms with Gasteiger partial charge in [0.1, 0.15) is 4.32 Å². The summed E-state index contributed by atoms with van der Waals surface area (Å²) in [7, 11) is 1.61. The Hall–Kier alpha value is -1.05. The van der Waals surface area contributed by atoms with E-state index in [1.165, 1.54) is 31.0 Å². The van der Waals surface area contributed by atoms with Crippen molar-refractivity contribution in [1.82, 2.24) is 4.90 Å². The van der Waals surface area contributed by atoms with Crippen molar-refractivity contribution in [3.05, 3.63) is 27.1 Å². The zero-order valence-electron chi connectivity index (χ0n) is 14.9. The van der Waals surface area contributed by atoms with Gasteiger partial charge in [-0.25, -0.2) is 0 Å². The number of ether oxygens (including phenoxy) is 2. The summed E-state index contributed by atoms with van der Waals surface area (Å²) in [5.74, 6) is 1.34. The summed E-state index contributed by atoms with van der Waals surface area (Å²) in [5, 5.41) is 0. The minimum Gasteiger partial charge on any atom is -0.493 e. The number of halogens is 1. The summed E-state index contributed by atoms with van der Waals surface area (Å²) in [5.41, 5.74) is 0.870. The maximum atomic E-state index is 12.9. The number of thiocarbonyl (C=S) groups is 1. The van der Waals surface area contributed by atoms with Gasteiger partial charge >= 0.3 is 0 Å². The summed E-state index contributed by atoms with van der Waals surface area (Å²) in [4.78, 5) is 15.4. The molecule has 2 fully saturated rings. The lowest BCUT2D eigenvalue weighted by Gasteiger charge is -2.29. The highest BCUT2D eigenvalue weighted by atomic mass is 79.9. The molecule has 1 aromatic rings. The molecule has 140 valence electrons. The Morgan fingerprint density at radius 3 is 2.69 bits per heavy atom. The van der Waals surface area contributed by atoms with Crippen molar-refractivity contribution in [2.45, 2.75) is 45.1 Å². The molecule has 0 unspecified atom stereocenters. The van der Waals surface area contributed by atoms with Crippen molar-refractivity contribution < 1.29 is 14.3 Å². The second kappa shape index (κ2) is 8.76. The number of carbonyl (C=O) groups excluding carboxylic acids is 1. The average molecular weight is 456 g/mol. The number of hydrogen-bond donors (Lipinski definition) is 0. The lowest BCUT2D eigenvalue weighted by Crippen LogP contribution is -2.39. The molecule has 1 amide bonds. The van der Waals surface area contributed by atoms with Gasteiger partial charge < -0.3 is 9.47 Å². The highest BCUT2D eigenvalue weighted by Crippen LogP contribution is 2.40. The van der Waals surface area contributed by atoms with E-state index in [-0.39, 0.29) is 11.9 Å². The van der Waals surface area contributed by atoms with Crippen molar-refractivity contribution in [3.63, 3.8) is 0 Å². The first kappa shape index (κ1) is 19.7. The SMILES string of the molecule is CCOc1cc(Br)c(/C=C2/SC(=S)N(C3CCCCC3)C2=O)cc1OC. The number of hydrogen-bond acceptors (Lipinski definition) is 5. The molecule has 1 aliphatic heterocycles.